The molecule has 0 bridgehead atoms. The maximum Gasteiger partial charge on any atom is 0.265 e. The molecular formula is C9H8Cl2N2O2. The van der Waals surface area contributed by atoms with Gasteiger partial charge < -0.3 is 15.8 Å². The van der Waals surface area contributed by atoms with Crippen LogP contribution in [0.1, 0.15) is 6.92 Å². The number of hydrogen-bond acceptors (Lipinski definition) is 3. The molecule has 1 heterocycles. The number of anilines is 2. The number of ether oxygens (including phenoxy) is 1. The smallest absolute Gasteiger partial charge is 0.265 e. The van der Waals surface area contributed by atoms with Gasteiger partial charge in [-0.3, -0.25) is 4.79 Å². The largest absolute Gasteiger partial charge is 0.477 e. The van der Waals surface area contributed by atoms with Gasteiger partial charge in [-0.1, -0.05) is 23.2 Å². The fraction of sp³-hybridized carbons (Fsp3) is 0.222. The van der Waals surface area contributed by atoms with Crippen molar-refractivity contribution in [2.45, 2.75) is 13.0 Å². The molecule has 15 heavy (non-hydrogen) atoms. The molecule has 1 aliphatic heterocycles. The molecule has 1 aliphatic rings. The summed E-state index contributed by atoms with van der Waals surface area (Å²) in [6.07, 6.45) is -0.604. The van der Waals surface area contributed by atoms with Crippen LogP contribution in [0.4, 0.5) is 11.4 Å². The average molecular weight is 247 g/mol. The summed E-state index contributed by atoms with van der Waals surface area (Å²) >= 11 is 11.8. The van der Waals surface area contributed by atoms with Gasteiger partial charge in [-0.15, -0.1) is 0 Å². The van der Waals surface area contributed by atoms with Crippen LogP contribution in [0.2, 0.25) is 10.0 Å². The Bertz CT molecular complexity index is 448. The van der Waals surface area contributed by atoms with E-state index in [0.717, 1.165) is 0 Å². The van der Waals surface area contributed by atoms with Crippen LogP contribution in [0.5, 0.6) is 5.75 Å². The summed E-state index contributed by atoms with van der Waals surface area (Å²) < 4.78 is 5.33. The van der Waals surface area contributed by atoms with Gasteiger partial charge in [0.15, 0.2) is 11.9 Å². The fourth-order valence-corrected chi connectivity index (χ4v) is 1.75. The predicted octanol–water partition coefficient (Wildman–Crippen LogP) is 2.29. The SMILES string of the molecule is CC1Oc2c(Cl)c(N)cc(Cl)c2NC1=O. The lowest BCUT2D eigenvalue weighted by atomic mass is 10.2. The molecule has 1 aromatic rings. The van der Waals surface area contributed by atoms with Gasteiger partial charge in [-0.05, 0) is 13.0 Å². The highest BCUT2D eigenvalue weighted by atomic mass is 35.5. The summed E-state index contributed by atoms with van der Waals surface area (Å²) in [4.78, 5) is 11.3. The topological polar surface area (TPSA) is 64.3 Å². The van der Waals surface area contributed by atoms with E-state index in [1.54, 1.807) is 6.92 Å². The Kier molecular flexibility index (Phi) is 2.40. The highest BCUT2D eigenvalue weighted by molar-refractivity contribution is 6.39. The molecule has 0 spiro atoms. The molecule has 0 saturated carbocycles. The first-order chi connectivity index (χ1) is 7.00. The van der Waals surface area contributed by atoms with E-state index in [2.05, 4.69) is 5.32 Å². The minimum absolute atomic E-state index is 0.259. The quantitative estimate of drug-likeness (QED) is 0.691. The van der Waals surface area contributed by atoms with Gasteiger partial charge in [0.25, 0.3) is 5.91 Å². The van der Waals surface area contributed by atoms with Crippen LogP contribution in [0.15, 0.2) is 6.07 Å². The molecule has 1 amide bonds. The van der Waals surface area contributed by atoms with Crippen LogP contribution < -0.4 is 15.8 Å². The number of fused-ring (bicyclic) bond motifs is 1. The molecule has 6 heteroatoms. The zero-order chi connectivity index (χ0) is 11.2. The first-order valence-corrected chi connectivity index (χ1v) is 5.01. The van der Waals surface area contributed by atoms with E-state index >= 15 is 0 Å². The van der Waals surface area contributed by atoms with Crippen LogP contribution >= 0.6 is 23.2 Å². The predicted molar refractivity (Wildman–Crippen MR) is 59.6 cm³/mol. The third kappa shape index (κ3) is 1.60. The number of carbonyl (C=O) groups is 1. The molecule has 0 radical (unpaired) electrons. The standard InChI is InChI=1S/C9H8Cl2N2O2/c1-3-9(14)13-7-4(10)2-5(12)6(11)8(7)15-3/h2-3H,12H2,1H3,(H,13,14). The Morgan fingerprint density at radius 3 is 2.87 bits per heavy atom. The maximum absolute atomic E-state index is 11.3. The van der Waals surface area contributed by atoms with Crippen molar-refractivity contribution in [1.82, 2.24) is 0 Å². The first kappa shape index (κ1) is 10.4. The second-order valence-electron chi connectivity index (χ2n) is 3.22. The second kappa shape index (κ2) is 3.47. The summed E-state index contributed by atoms with van der Waals surface area (Å²) in [7, 11) is 0. The van der Waals surface area contributed by atoms with Crippen LogP contribution in [-0.4, -0.2) is 12.0 Å². The van der Waals surface area contributed by atoms with Crippen LogP contribution in [0.25, 0.3) is 0 Å². The minimum atomic E-state index is -0.604. The lowest BCUT2D eigenvalue weighted by Crippen LogP contribution is -2.34. The van der Waals surface area contributed by atoms with Crippen molar-refractivity contribution in [2.75, 3.05) is 11.1 Å². The van der Waals surface area contributed by atoms with E-state index in [1.165, 1.54) is 6.07 Å². The van der Waals surface area contributed by atoms with Gasteiger partial charge in [-0.25, -0.2) is 0 Å². The molecule has 0 aliphatic carbocycles. The number of nitrogen functional groups attached to an aromatic ring is 1. The van der Waals surface area contributed by atoms with E-state index in [9.17, 15) is 4.79 Å². The molecule has 1 unspecified atom stereocenters. The Morgan fingerprint density at radius 2 is 2.20 bits per heavy atom. The van der Waals surface area contributed by atoms with Gasteiger partial charge in [0, 0.05) is 0 Å². The molecule has 0 aromatic heterocycles. The number of nitrogens with two attached hydrogens (primary N) is 1. The van der Waals surface area contributed by atoms with Crippen molar-refractivity contribution in [3.63, 3.8) is 0 Å². The van der Waals surface area contributed by atoms with E-state index in [0.29, 0.717) is 22.1 Å². The molecule has 0 saturated heterocycles. The van der Waals surface area contributed by atoms with Crippen molar-refractivity contribution < 1.29 is 9.53 Å². The first-order valence-electron chi connectivity index (χ1n) is 4.25. The molecule has 1 aromatic carbocycles. The number of hydrogen-bond donors (Lipinski definition) is 2. The molecule has 80 valence electrons. The van der Waals surface area contributed by atoms with E-state index in [4.69, 9.17) is 33.7 Å². The Morgan fingerprint density at radius 1 is 1.53 bits per heavy atom. The van der Waals surface area contributed by atoms with Crippen LogP contribution in [-0.2, 0) is 4.79 Å². The number of benzene rings is 1. The second-order valence-corrected chi connectivity index (χ2v) is 4.00. The van der Waals surface area contributed by atoms with Crippen molar-refractivity contribution in [3.8, 4) is 5.75 Å². The summed E-state index contributed by atoms with van der Waals surface area (Å²) in [5.74, 6) is 0.0685. The Labute approximate surface area is 96.3 Å². The number of amides is 1. The molecule has 4 nitrogen and oxygen atoms in total. The third-order valence-electron chi connectivity index (χ3n) is 2.11. The molecule has 3 N–H and O–H groups in total. The number of halogens is 2. The van der Waals surface area contributed by atoms with E-state index in [1.807, 2.05) is 0 Å². The zero-order valence-electron chi connectivity index (χ0n) is 7.80. The van der Waals surface area contributed by atoms with E-state index < -0.39 is 6.10 Å². The van der Waals surface area contributed by atoms with Gasteiger partial charge in [-0.2, -0.15) is 0 Å². The number of nitrogens with one attached hydrogen (secondary N) is 1. The fourth-order valence-electron chi connectivity index (χ4n) is 1.30. The summed E-state index contributed by atoms with van der Waals surface area (Å²) in [5, 5.41) is 3.19. The lowest BCUT2D eigenvalue weighted by Gasteiger charge is -2.25. The normalized spacial score (nSPS) is 19.1. The summed E-state index contributed by atoms with van der Waals surface area (Å²) in [5.41, 5.74) is 6.31. The average Bonchev–Trinajstić information content (AvgIpc) is 2.18. The van der Waals surface area contributed by atoms with Crippen molar-refractivity contribution in [2.24, 2.45) is 0 Å². The molecular weight excluding hydrogens is 239 g/mol. The van der Waals surface area contributed by atoms with Crippen LogP contribution in [0, 0.1) is 0 Å². The Balaban J connectivity index is 2.61. The number of carbonyl (C=O) groups excluding carboxylic acids is 1. The summed E-state index contributed by atoms with van der Waals surface area (Å²) in [6.45, 7) is 1.62. The zero-order valence-corrected chi connectivity index (χ0v) is 9.32. The Hall–Kier alpha value is -1.13. The minimum Gasteiger partial charge on any atom is -0.477 e. The number of rotatable bonds is 0. The van der Waals surface area contributed by atoms with Gasteiger partial charge in [0.05, 0.1) is 10.7 Å². The molecule has 2 rings (SSSR count). The monoisotopic (exact) mass is 246 g/mol. The van der Waals surface area contributed by atoms with Crippen molar-refractivity contribution in [3.05, 3.63) is 16.1 Å². The van der Waals surface area contributed by atoms with Gasteiger partial charge in [0.2, 0.25) is 0 Å². The lowest BCUT2D eigenvalue weighted by molar-refractivity contribution is -0.122. The van der Waals surface area contributed by atoms with Crippen molar-refractivity contribution in [1.29, 1.82) is 0 Å². The highest BCUT2D eigenvalue weighted by Gasteiger charge is 2.28. The van der Waals surface area contributed by atoms with Gasteiger partial charge >= 0.3 is 0 Å². The van der Waals surface area contributed by atoms with E-state index in [-0.39, 0.29) is 10.9 Å². The maximum atomic E-state index is 11.3. The summed E-state index contributed by atoms with van der Waals surface area (Å²) in [6, 6.07) is 1.47. The third-order valence-corrected chi connectivity index (χ3v) is 2.80. The van der Waals surface area contributed by atoms with Gasteiger partial charge in [0.1, 0.15) is 10.7 Å². The highest BCUT2D eigenvalue weighted by Crippen LogP contribution is 2.44. The van der Waals surface area contributed by atoms with Crippen molar-refractivity contribution >= 4 is 40.5 Å². The van der Waals surface area contributed by atoms with Crippen LogP contribution in [0.3, 0.4) is 0 Å². The molecule has 0 fully saturated rings. The molecule has 1 atom stereocenters.